The summed E-state index contributed by atoms with van der Waals surface area (Å²) in [5.74, 6) is -0.274. The molecular formula is C20H23N3O2. The number of urea groups is 1. The first kappa shape index (κ1) is 17.0. The molecule has 3 rings (SSSR count). The number of aromatic nitrogens is 1. The number of hydrogen-bond acceptors (Lipinski definition) is 2. The minimum Gasteiger partial charge on any atom is -0.318 e. The molecule has 1 aliphatic heterocycles. The zero-order chi connectivity index (χ0) is 18.3. The van der Waals surface area contributed by atoms with Gasteiger partial charge < -0.3 is 9.88 Å². The molecule has 0 unspecified atom stereocenters. The van der Waals surface area contributed by atoms with E-state index in [1.54, 1.807) is 13.0 Å². The van der Waals surface area contributed by atoms with Crippen LogP contribution in [0.3, 0.4) is 0 Å². The van der Waals surface area contributed by atoms with Crippen LogP contribution in [0.4, 0.5) is 4.79 Å². The molecule has 1 aliphatic rings. The zero-order valence-electron chi connectivity index (χ0n) is 15.3. The highest BCUT2D eigenvalue weighted by molar-refractivity contribution is 6.14. The van der Waals surface area contributed by atoms with Crippen LogP contribution in [0.2, 0.25) is 0 Å². The lowest BCUT2D eigenvalue weighted by atomic mass is 10.1. The minimum absolute atomic E-state index is 0.274. The van der Waals surface area contributed by atoms with E-state index < -0.39 is 0 Å². The second-order valence-electron chi connectivity index (χ2n) is 6.42. The Morgan fingerprint density at radius 3 is 2.48 bits per heavy atom. The molecule has 0 spiro atoms. The van der Waals surface area contributed by atoms with Crippen molar-refractivity contribution in [3.63, 3.8) is 0 Å². The van der Waals surface area contributed by atoms with Gasteiger partial charge in [-0.3, -0.25) is 9.69 Å². The van der Waals surface area contributed by atoms with Crippen molar-refractivity contribution in [1.82, 2.24) is 14.8 Å². The molecule has 0 saturated carbocycles. The SMILES string of the molecule is CCN1C(=O)N/C(=C/c2cc(C)n(-c3cccc(C)c3C)c2C)C1=O. The number of imide groups is 1. The number of benzene rings is 1. The first-order valence-electron chi connectivity index (χ1n) is 8.45. The first-order chi connectivity index (χ1) is 11.8. The van der Waals surface area contributed by atoms with Crippen LogP contribution in [0.5, 0.6) is 0 Å². The molecule has 3 amide bonds. The molecule has 1 aromatic carbocycles. The molecule has 0 bridgehead atoms. The molecule has 1 N–H and O–H groups in total. The Balaban J connectivity index is 2.07. The number of hydrogen-bond donors (Lipinski definition) is 1. The summed E-state index contributed by atoms with van der Waals surface area (Å²) in [6, 6.07) is 7.93. The lowest BCUT2D eigenvalue weighted by molar-refractivity contribution is -0.122. The fraction of sp³-hybridized carbons (Fsp3) is 0.300. The predicted octanol–water partition coefficient (Wildman–Crippen LogP) is 3.62. The largest absolute Gasteiger partial charge is 0.328 e. The van der Waals surface area contributed by atoms with Crippen LogP contribution >= 0.6 is 0 Å². The quantitative estimate of drug-likeness (QED) is 0.687. The van der Waals surface area contributed by atoms with Crippen molar-refractivity contribution in [3.8, 4) is 5.69 Å². The predicted molar refractivity (Wildman–Crippen MR) is 98.6 cm³/mol. The molecule has 0 radical (unpaired) electrons. The fourth-order valence-corrected chi connectivity index (χ4v) is 3.30. The van der Waals surface area contributed by atoms with Gasteiger partial charge in [-0.1, -0.05) is 12.1 Å². The van der Waals surface area contributed by atoms with E-state index in [-0.39, 0.29) is 11.9 Å². The van der Waals surface area contributed by atoms with Gasteiger partial charge in [0.15, 0.2) is 0 Å². The number of nitrogens with zero attached hydrogens (tertiary/aromatic N) is 2. The number of nitrogens with one attached hydrogen (secondary N) is 1. The summed E-state index contributed by atoms with van der Waals surface area (Å²) in [6.07, 6.45) is 1.76. The average Bonchev–Trinajstić information content (AvgIpc) is 2.99. The summed E-state index contributed by atoms with van der Waals surface area (Å²) in [4.78, 5) is 25.3. The first-order valence-corrected chi connectivity index (χ1v) is 8.45. The van der Waals surface area contributed by atoms with Gasteiger partial charge in [0, 0.05) is 23.6 Å². The van der Waals surface area contributed by atoms with Crippen molar-refractivity contribution < 1.29 is 9.59 Å². The number of amides is 3. The Morgan fingerprint density at radius 2 is 1.84 bits per heavy atom. The van der Waals surface area contributed by atoms with Crippen LogP contribution in [0.1, 0.15) is 35.0 Å². The standard InChI is InChI=1S/C20H23N3O2/c1-6-22-19(24)17(21-20(22)25)11-16-10-13(3)23(15(16)5)18-9-7-8-12(2)14(18)4/h7-11H,6H2,1-5H3,(H,21,25)/b17-11+. The van der Waals surface area contributed by atoms with Crippen LogP contribution in [-0.4, -0.2) is 28.0 Å². The van der Waals surface area contributed by atoms with E-state index in [1.165, 1.54) is 16.0 Å². The number of rotatable bonds is 3. The number of carbonyl (C=O) groups excluding carboxylic acids is 2. The Labute approximate surface area is 147 Å². The Hall–Kier alpha value is -2.82. The second kappa shape index (κ2) is 6.24. The van der Waals surface area contributed by atoms with E-state index in [2.05, 4.69) is 41.9 Å². The highest BCUT2D eigenvalue weighted by Gasteiger charge is 2.32. The highest BCUT2D eigenvalue weighted by atomic mass is 16.2. The van der Waals surface area contributed by atoms with Crippen molar-refractivity contribution >= 4 is 18.0 Å². The van der Waals surface area contributed by atoms with Gasteiger partial charge in [0.05, 0.1) is 0 Å². The normalized spacial score (nSPS) is 16.0. The van der Waals surface area contributed by atoms with Crippen LogP contribution in [0.25, 0.3) is 11.8 Å². The molecule has 2 heterocycles. The topological polar surface area (TPSA) is 54.3 Å². The number of carbonyl (C=O) groups is 2. The molecule has 1 fully saturated rings. The Morgan fingerprint density at radius 1 is 1.12 bits per heavy atom. The summed E-state index contributed by atoms with van der Waals surface area (Å²) in [5, 5.41) is 2.66. The smallest absolute Gasteiger partial charge is 0.318 e. The van der Waals surface area contributed by atoms with Crippen LogP contribution < -0.4 is 5.32 Å². The van der Waals surface area contributed by atoms with Gasteiger partial charge in [-0.25, -0.2) is 4.79 Å². The highest BCUT2D eigenvalue weighted by Crippen LogP contribution is 2.26. The average molecular weight is 337 g/mol. The third kappa shape index (κ3) is 2.76. The molecule has 25 heavy (non-hydrogen) atoms. The van der Waals surface area contributed by atoms with Gasteiger partial charge in [-0.05, 0) is 69.5 Å². The summed E-state index contributed by atoms with van der Waals surface area (Å²) in [6.45, 7) is 10.4. The summed E-state index contributed by atoms with van der Waals surface area (Å²) < 4.78 is 2.19. The number of aryl methyl sites for hydroxylation is 2. The lowest BCUT2D eigenvalue weighted by Crippen LogP contribution is -2.30. The van der Waals surface area contributed by atoms with Crippen molar-refractivity contribution in [2.24, 2.45) is 0 Å². The van der Waals surface area contributed by atoms with Crippen LogP contribution in [-0.2, 0) is 4.79 Å². The van der Waals surface area contributed by atoms with E-state index in [9.17, 15) is 9.59 Å². The van der Waals surface area contributed by atoms with E-state index in [0.29, 0.717) is 12.2 Å². The molecular weight excluding hydrogens is 314 g/mol. The molecule has 5 heteroatoms. The number of likely N-dealkylation sites (N-methyl/N-ethyl adjacent to an activating group) is 1. The molecule has 2 aromatic rings. The van der Waals surface area contributed by atoms with Gasteiger partial charge in [0.2, 0.25) is 0 Å². The van der Waals surface area contributed by atoms with Gasteiger partial charge in [-0.15, -0.1) is 0 Å². The van der Waals surface area contributed by atoms with Gasteiger partial charge in [0.1, 0.15) is 5.70 Å². The Kier molecular flexibility index (Phi) is 4.25. The molecule has 1 saturated heterocycles. The van der Waals surface area contributed by atoms with Gasteiger partial charge in [-0.2, -0.15) is 0 Å². The molecule has 0 atom stereocenters. The van der Waals surface area contributed by atoms with Crippen molar-refractivity contribution in [3.05, 3.63) is 58.0 Å². The third-order valence-electron chi connectivity index (χ3n) is 4.87. The maximum absolute atomic E-state index is 12.3. The van der Waals surface area contributed by atoms with Crippen LogP contribution in [0, 0.1) is 27.7 Å². The van der Waals surface area contributed by atoms with E-state index in [0.717, 1.165) is 22.6 Å². The van der Waals surface area contributed by atoms with E-state index in [4.69, 9.17) is 0 Å². The monoisotopic (exact) mass is 337 g/mol. The maximum atomic E-state index is 12.3. The van der Waals surface area contributed by atoms with Crippen molar-refractivity contribution in [2.75, 3.05) is 6.54 Å². The zero-order valence-corrected chi connectivity index (χ0v) is 15.3. The fourth-order valence-electron chi connectivity index (χ4n) is 3.30. The Bertz CT molecular complexity index is 906. The van der Waals surface area contributed by atoms with E-state index in [1.807, 2.05) is 19.9 Å². The van der Waals surface area contributed by atoms with E-state index >= 15 is 0 Å². The summed E-state index contributed by atoms with van der Waals surface area (Å²) in [5.41, 5.74) is 6.98. The van der Waals surface area contributed by atoms with Gasteiger partial charge in [0.25, 0.3) is 5.91 Å². The van der Waals surface area contributed by atoms with Crippen molar-refractivity contribution in [1.29, 1.82) is 0 Å². The summed E-state index contributed by atoms with van der Waals surface area (Å²) >= 11 is 0. The summed E-state index contributed by atoms with van der Waals surface area (Å²) in [7, 11) is 0. The third-order valence-corrected chi connectivity index (χ3v) is 4.87. The minimum atomic E-state index is -0.359. The molecule has 5 nitrogen and oxygen atoms in total. The van der Waals surface area contributed by atoms with Crippen molar-refractivity contribution in [2.45, 2.75) is 34.6 Å². The van der Waals surface area contributed by atoms with Gasteiger partial charge >= 0.3 is 6.03 Å². The van der Waals surface area contributed by atoms with Crippen LogP contribution in [0.15, 0.2) is 30.0 Å². The maximum Gasteiger partial charge on any atom is 0.328 e. The molecule has 0 aliphatic carbocycles. The molecule has 130 valence electrons. The second-order valence-corrected chi connectivity index (χ2v) is 6.42. The molecule has 1 aromatic heterocycles. The lowest BCUT2D eigenvalue weighted by Gasteiger charge is -2.14.